The molecular weight excluding hydrogens is 510 g/mol. The largest absolute Gasteiger partial charge is 0.491 e. The van der Waals surface area contributed by atoms with Gasteiger partial charge in [0.25, 0.3) is 0 Å². The quantitative estimate of drug-likeness (QED) is 0.126. The first kappa shape index (κ1) is 33.5. The molecule has 2 rings (SSSR count). The molecule has 0 unspecified atom stereocenters. The van der Waals surface area contributed by atoms with E-state index in [4.69, 9.17) is 42.6 Å². The van der Waals surface area contributed by atoms with E-state index in [2.05, 4.69) is 5.32 Å². The van der Waals surface area contributed by atoms with Gasteiger partial charge in [-0.15, -0.1) is 0 Å². The fourth-order valence-corrected chi connectivity index (χ4v) is 3.52. The van der Waals surface area contributed by atoms with Gasteiger partial charge < -0.3 is 47.9 Å². The van der Waals surface area contributed by atoms with Crippen molar-refractivity contribution in [2.24, 2.45) is 0 Å². The Labute approximate surface area is 232 Å². The summed E-state index contributed by atoms with van der Waals surface area (Å²) in [6.45, 7) is 10.5. The monoisotopic (exact) mass is 557 g/mol. The predicted octanol–water partition coefficient (Wildman–Crippen LogP) is 1.76. The van der Waals surface area contributed by atoms with Crippen LogP contribution < -0.4 is 10.1 Å². The van der Waals surface area contributed by atoms with Gasteiger partial charge in [0.2, 0.25) is 0 Å². The number of carbonyl (C=O) groups is 1. The highest BCUT2D eigenvalue weighted by molar-refractivity contribution is 5.74. The van der Waals surface area contributed by atoms with Crippen LogP contribution in [0.2, 0.25) is 0 Å². The number of aldehydes is 1. The molecule has 224 valence electrons. The fourth-order valence-electron chi connectivity index (χ4n) is 3.52. The molecule has 1 aromatic carbocycles. The van der Waals surface area contributed by atoms with Gasteiger partial charge in [-0.05, 0) is 50.2 Å². The van der Waals surface area contributed by atoms with Crippen molar-refractivity contribution in [3.63, 3.8) is 0 Å². The normalized spacial score (nSPS) is 14.1. The first-order chi connectivity index (χ1) is 19.4. The molecule has 1 heterocycles. The molecule has 11 nitrogen and oxygen atoms in total. The maximum Gasteiger partial charge on any atom is 0.150 e. The summed E-state index contributed by atoms with van der Waals surface area (Å²) in [7, 11) is 0. The Morgan fingerprint density at radius 2 is 0.949 bits per heavy atom. The van der Waals surface area contributed by atoms with Crippen molar-refractivity contribution in [2.75, 3.05) is 119 Å². The summed E-state index contributed by atoms with van der Waals surface area (Å²) in [6, 6.07) is 6.95. The maximum absolute atomic E-state index is 10.6. The van der Waals surface area contributed by atoms with Crippen molar-refractivity contribution < 1.29 is 47.4 Å². The standard InChI is InChI=1S/C28H47NO10/c30-25-26-1-3-27(4-2-26)38-23-21-36-19-17-34-15-13-32-11-9-31-10-12-33-14-16-35-18-20-37-22-24-39-28-5-7-29-8-6-28/h1-4,25,28-29H,5-24H2. The molecule has 39 heavy (non-hydrogen) atoms. The number of nitrogens with one attached hydrogen (secondary N) is 1. The number of ether oxygens (including phenoxy) is 9. The van der Waals surface area contributed by atoms with Crippen molar-refractivity contribution in [3.8, 4) is 5.75 Å². The molecule has 1 aliphatic rings. The van der Waals surface area contributed by atoms with Crippen LogP contribution in [0.3, 0.4) is 0 Å². The second-order valence-electron chi connectivity index (χ2n) is 8.64. The van der Waals surface area contributed by atoms with E-state index in [-0.39, 0.29) is 0 Å². The van der Waals surface area contributed by atoms with Gasteiger partial charge in [-0.1, -0.05) is 0 Å². The molecule has 1 aliphatic heterocycles. The zero-order chi connectivity index (χ0) is 27.5. The number of benzene rings is 1. The van der Waals surface area contributed by atoms with Crippen molar-refractivity contribution in [1.82, 2.24) is 5.32 Å². The third kappa shape index (κ3) is 19.9. The van der Waals surface area contributed by atoms with Crippen LogP contribution in [0.25, 0.3) is 0 Å². The molecule has 11 heteroatoms. The van der Waals surface area contributed by atoms with Crippen LogP contribution in [0.5, 0.6) is 5.75 Å². The Hall–Kier alpha value is -1.67. The summed E-state index contributed by atoms with van der Waals surface area (Å²) in [4.78, 5) is 10.6. The summed E-state index contributed by atoms with van der Waals surface area (Å²) in [6.07, 6.45) is 3.33. The molecule has 1 saturated heterocycles. The SMILES string of the molecule is O=Cc1ccc(OCCOCCOCCOCCOCCOCCOCCOCCOC2CCNCC2)cc1. The summed E-state index contributed by atoms with van der Waals surface area (Å²) in [5.41, 5.74) is 0.622. The van der Waals surface area contributed by atoms with Crippen LogP contribution in [0.1, 0.15) is 23.2 Å². The maximum atomic E-state index is 10.6. The molecule has 1 fully saturated rings. The Morgan fingerprint density at radius 1 is 0.564 bits per heavy atom. The summed E-state index contributed by atoms with van der Waals surface area (Å²) >= 11 is 0. The number of hydrogen-bond donors (Lipinski definition) is 1. The summed E-state index contributed by atoms with van der Waals surface area (Å²) in [5, 5.41) is 3.32. The van der Waals surface area contributed by atoms with Crippen molar-refractivity contribution in [1.29, 1.82) is 0 Å². The van der Waals surface area contributed by atoms with Gasteiger partial charge in [0.15, 0.2) is 0 Å². The molecule has 1 N–H and O–H groups in total. The van der Waals surface area contributed by atoms with Gasteiger partial charge in [0.1, 0.15) is 18.6 Å². The highest BCUT2D eigenvalue weighted by atomic mass is 16.6. The van der Waals surface area contributed by atoms with Crippen LogP contribution in [-0.2, 0) is 37.9 Å². The molecule has 0 amide bonds. The lowest BCUT2D eigenvalue weighted by Gasteiger charge is -2.22. The second kappa shape index (κ2) is 25.3. The molecule has 0 radical (unpaired) electrons. The Bertz CT molecular complexity index is 673. The van der Waals surface area contributed by atoms with E-state index >= 15 is 0 Å². The van der Waals surface area contributed by atoms with E-state index in [1.807, 2.05) is 0 Å². The van der Waals surface area contributed by atoms with Gasteiger partial charge in [-0.2, -0.15) is 0 Å². The van der Waals surface area contributed by atoms with E-state index < -0.39 is 0 Å². The van der Waals surface area contributed by atoms with E-state index in [0.717, 1.165) is 32.2 Å². The highest BCUT2D eigenvalue weighted by Gasteiger charge is 2.12. The van der Waals surface area contributed by atoms with Gasteiger partial charge in [-0.25, -0.2) is 0 Å². The molecule has 0 aliphatic carbocycles. The molecular formula is C28H47NO10. The predicted molar refractivity (Wildman–Crippen MR) is 145 cm³/mol. The van der Waals surface area contributed by atoms with Crippen LogP contribution in [0.4, 0.5) is 0 Å². The van der Waals surface area contributed by atoms with E-state index in [1.165, 1.54) is 0 Å². The third-order valence-electron chi connectivity index (χ3n) is 5.61. The lowest BCUT2D eigenvalue weighted by Crippen LogP contribution is -2.33. The lowest BCUT2D eigenvalue weighted by molar-refractivity contribution is -0.0314. The minimum absolute atomic E-state index is 0.372. The fraction of sp³-hybridized carbons (Fsp3) is 0.750. The zero-order valence-electron chi connectivity index (χ0n) is 23.2. The Balaban J connectivity index is 1.17. The van der Waals surface area contributed by atoms with E-state index in [1.54, 1.807) is 24.3 Å². The van der Waals surface area contributed by atoms with Gasteiger partial charge in [0, 0.05) is 5.56 Å². The van der Waals surface area contributed by atoms with Crippen molar-refractivity contribution in [3.05, 3.63) is 29.8 Å². The van der Waals surface area contributed by atoms with E-state index in [0.29, 0.717) is 123 Å². The minimum atomic E-state index is 0.372. The lowest BCUT2D eigenvalue weighted by atomic mass is 10.1. The molecule has 0 saturated carbocycles. The summed E-state index contributed by atoms with van der Waals surface area (Å²) < 4.78 is 49.6. The van der Waals surface area contributed by atoms with Gasteiger partial charge in [0.05, 0.1) is 105 Å². The highest BCUT2D eigenvalue weighted by Crippen LogP contribution is 2.10. The van der Waals surface area contributed by atoms with Gasteiger partial charge >= 0.3 is 0 Å². The van der Waals surface area contributed by atoms with Crippen LogP contribution in [0, 0.1) is 0 Å². The van der Waals surface area contributed by atoms with Crippen LogP contribution in [0.15, 0.2) is 24.3 Å². The van der Waals surface area contributed by atoms with Crippen molar-refractivity contribution in [2.45, 2.75) is 18.9 Å². The molecule has 0 atom stereocenters. The number of hydrogen-bond acceptors (Lipinski definition) is 11. The topological polar surface area (TPSA) is 112 Å². The Kier molecular flexibility index (Phi) is 21.8. The molecule has 1 aromatic rings. The summed E-state index contributed by atoms with van der Waals surface area (Å²) in [5.74, 6) is 0.709. The van der Waals surface area contributed by atoms with Crippen LogP contribution >= 0.6 is 0 Å². The number of carbonyl (C=O) groups excluding carboxylic acids is 1. The average Bonchev–Trinajstić information content (AvgIpc) is 2.98. The first-order valence-electron chi connectivity index (χ1n) is 13.9. The van der Waals surface area contributed by atoms with E-state index in [9.17, 15) is 4.79 Å². The minimum Gasteiger partial charge on any atom is -0.491 e. The molecule has 0 bridgehead atoms. The zero-order valence-corrected chi connectivity index (χ0v) is 23.2. The third-order valence-corrected chi connectivity index (χ3v) is 5.61. The first-order valence-corrected chi connectivity index (χ1v) is 13.9. The smallest absolute Gasteiger partial charge is 0.150 e. The number of rotatable bonds is 27. The van der Waals surface area contributed by atoms with Crippen molar-refractivity contribution >= 4 is 6.29 Å². The van der Waals surface area contributed by atoms with Crippen LogP contribution in [-0.4, -0.2) is 131 Å². The van der Waals surface area contributed by atoms with Gasteiger partial charge in [-0.3, -0.25) is 4.79 Å². The Morgan fingerprint density at radius 3 is 1.36 bits per heavy atom. The number of piperidine rings is 1. The second-order valence-corrected chi connectivity index (χ2v) is 8.64. The molecule has 0 aromatic heterocycles. The average molecular weight is 558 g/mol. The molecule has 0 spiro atoms.